The first-order valence-corrected chi connectivity index (χ1v) is 6.35. The summed E-state index contributed by atoms with van der Waals surface area (Å²) in [4.78, 5) is 0. The molecule has 84 valence electrons. The molecule has 0 rings (SSSR count). The van der Waals surface area contributed by atoms with E-state index in [1.165, 1.54) is 0 Å². The smallest absolute Gasteiger partial charge is 0.211 e. The fourth-order valence-corrected chi connectivity index (χ4v) is 2.55. The van der Waals surface area contributed by atoms with Gasteiger partial charge in [-0.3, -0.25) is 5.41 Å². The molecule has 0 aromatic carbocycles. The molecule has 1 atom stereocenters. The number of nitrogens with two attached hydrogens (primary N) is 1. The summed E-state index contributed by atoms with van der Waals surface area (Å²) in [5.74, 6) is 0.141. The van der Waals surface area contributed by atoms with Crippen molar-refractivity contribution in [1.29, 1.82) is 5.41 Å². The zero-order valence-electron chi connectivity index (χ0n) is 8.71. The van der Waals surface area contributed by atoms with Gasteiger partial charge >= 0.3 is 0 Å². The van der Waals surface area contributed by atoms with E-state index in [0.717, 1.165) is 6.42 Å². The SMILES string of the molecule is CCCCS(=O)(=O)NC(C)CC(=N)N. The molecule has 6 heteroatoms. The average Bonchev–Trinajstić information content (AvgIpc) is 1.98. The Morgan fingerprint density at radius 2 is 2.14 bits per heavy atom. The molecule has 14 heavy (non-hydrogen) atoms. The molecular weight excluding hydrogens is 202 g/mol. The number of nitrogens with one attached hydrogen (secondary N) is 2. The zero-order chi connectivity index (χ0) is 11.2. The van der Waals surface area contributed by atoms with E-state index in [1.54, 1.807) is 6.92 Å². The van der Waals surface area contributed by atoms with Crippen LogP contribution in [0.4, 0.5) is 0 Å². The molecule has 0 radical (unpaired) electrons. The Morgan fingerprint density at radius 3 is 2.57 bits per heavy atom. The fourth-order valence-electron chi connectivity index (χ4n) is 1.07. The Kier molecular flexibility index (Phi) is 5.71. The fraction of sp³-hybridized carbons (Fsp3) is 0.875. The molecule has 0 heterocycles. The highest BCUT2D eigenvalue weighted by Crippen LogP contribution is 1.97. The van der Waals surface area contributed by atoms with Crippen molar-refractivity contribution < 1.29 is 8.42 Å². The van der Waals surface area contributed by atoms with E-state index < -0.39 is 10.0 Å². The van der Waals surface area contributed by atoms with E-state index in [9.17, 15) is 8.42 Å². The lowest BCUT2D eigenvalue weighted by atomic mass is 10.2. The summed E-state index contributed by atoms with van der Waals surface area (Å²) in [7, 11) is -3.19. The van der Waals surface area contributed by atoms with Gasteiger partial charge in [0.1, 0.15) is 0 Å². The number of hydrogen-bond acceptors (Lipinski definition) is 3. The first-order valence-electron chi connectivity index (χ1n) is 4.70. The van der Waals surface area contributed by atoms with E-state index in [-0.39, 0.29) is 24.1 Å². The molecule has 4 N–H and O–H groups in total. The molecule has 0 saturated carbocycles. The summed E-state index contributed by atoms with van der Waals surface area (Å²) in [5.41, 5.74) is 5.16. The van der Waals surface area contributed by atoms with Gasteiger partial charge in [0.05, 0.1) is 11.6 Å². The topological polar surface area (TPSA) is 96.0 Å². The van der Waals surface area contributed by atoms with Crippen LogP contribution < -0.4 is 10.5 Å². The lowest BCUT2D eigenvalue weighted by Crippen LogP contribution is -2.36. The molecule has 0 aliphatic rings. The van der Waals surface area contributed by atoms with Crippen LogP contribution in [0.15, 0.2) is 0 Å². The van der Waals surface area contributed by atoms with Crippen molar-refractivity contribution in [2.75, 3.05) is 5.75 Å². The second-order valence-electron chi connectivity index (χ2n) is 3.42. The van der Waals surface area contributed by atoms with Gasteiger partial charge in [-0.1, -0.05) is 13.3 Å². The normalized spacial score (nSPS) is 13.9. The maximum Gasteiger partial charge on any atom is 0.211 e. The highest BCUT2D eigenvalue weighted by Gasteiger charge is 2.13. The molecule has 0 bridgehead atoms. The average molecular weight is 221 g/mol. The van der Waals surface area contributed by atoms with Crippen LogP contribution in [0.5, 0.6) is 0 Å². The van der Waals surface area contributed by atoms with Gasteiger partial charge in [-0.2, -0.15) is 0 Å². The third kappa shape index (κ3) is 6.85. The van der Waals surface area contributed by atoms with Gasteiger partial charge in [0.25, 0.3) is 0 Å². The molecule has 0 saturated heterocycles. The highest BCUT2D eigenvalue weighted by atomic mass is 32.2. The number of amidine groups is 1. The molecule has 5 nitrogen and oxygen atoms in total. The number of sulfonamides is 1. The second kappa shape index (κ2) is 5.98. The minimum atomic E-state index is -3.19. The quantitative estimate of drug-likeness (QED) is 0.429. The third-order valence-corrected chi connectivity index (χ3v) is 3.26. The summed E-state index contributed by atoms with van der Waals surface area (Å²) < 4.78 is 25.2. The van der Waals surface area contributed by atoms with Crippen LogP contribution in [0, 0.1) is 5.41 Å². The molecule has 0 aromatic heterocycles. The monoisotopic (exact) mass is 221 g/mol. The Balaban J connectivity index is 4.02. The third-order valence-electron chi connectivity index (χ3n) is 1.67. The summed E-state index contributed by atoms with van der Waals surface area (Å²) in [6.07, 6.45) is 1.76. The van der Waals surface area contributed by atoms with Gasteiger partial charge < -0.3 is 5.73 Å². The van der Waals surface area contributed by atoms with E-state index in [2.05, 4.69) is 4.72 Å². The molecule has 1 unspecified atom stereocenters. The standard InChI is InChI=1S/C8H19N3O2S/c1-3-4-5-14(12,13)11-7(2)6-8(9)10/h7,11H,3-6H2,1-2H3,(H3,9,10). The maximum atomic E-state index is 11.4. The van der Waals surface area contributed by atoms with Gasteiger partial charge in [0.2, 0.25) is 10.0 Å². The predicted molar refractivity (Wildman–Crippen MR) is 57.8 cm³/mol. The Morgan fingerprint density at radius 1 is 1.57 bits per heavy atom. The van der Waals surface area contributed by atoms with Gasteiger partial charge in [-0.05, 0) is 13.3 Å². The first kappa shape index (κ1) is 13.4. The lowest BCUT2D eigenvalue weighted by molar-refractivity contribution is 0.561. The minimum absolute atomic E-state index is 0.00399. The molecule has 0 aliphatic carbocycles. The number of rotatable bonds is 7. The minimum Gasteiger partial charge on any atom is -0.388 e. The van der Waals surface area contributed by atoms with Gasteiger partial charge in [-0.25, -0.2) is 13.1 Å². The molecule has 0 spiro atoms. The largest absolute Gasteiger partial charge is 0.388 e. The first-order chi connectivity index (χ1) is 6.37. The van der Waals surface area contributed by atoms with Crippen LogP contribution in [0.1, 0.15) is 33.1 Å². The summed E-state index contributed by atoms with van der Waals surface area (Å²) in [5, 5.41) is 7.01. The summed E-state index contributed by atoms with van der Waals surface area (Å²) >= 11 is 0. The van der Waals surface area contributed by atoms with Crippen molar-refractivity contribution in [2.24, 2.45) is 5.73 Å². The highest BCUT2D eigenvalue weighted by molar-refractivity contribution is 7.89. The molecule has 0 amide bonds. The Labute approximate surface area is 85.6 Å². The zero-order valence-corrected chi connectivity index (χ0v) is 9.52. The van der Waals surface area contributed by atoms with Crippen molar-refractivity contribution in [3.05, 3.63) is 0 Å². The van der Waals surface area contributed by atoms with E-state index >= 15 is 0 Å². The number of hydrogen-bond donors (Lipinski definition) is 3. The van der Waals surface area contributed by atoms with Crippen LogP contribution in [-0.4, -0.2) is 26.0 Å². The van der Waals surface area contributed by atoms with Gasteiger partial charge in [0, 0.05) is 12.5 Å². The van der Waals surface area contributed by atoms with Gasteiger partial charge in [0.15, 0.2) is 0 Å². The van der Waals surface area contributed by atoms with Crippen LogP contribution in [0.3, 0.4) is 0 Å². The van der Waals surface area contributed by atoms with Crippen molar-refractivity contribution in [3.63, 3.8) is 0 Å². The van der Waals surface area contributed by atoms with Crippen molar-refractivity contribution in [1.82, 2.24) is 4.72 Å². The second-order valence-corrected chi connectivity index (χ2v) is 5.29. The van der Waals surface area contributed by atoms with E-state index in [4.69, 9.17) is 11.1 Å². The lowest BCUT2D eigenvalue weighted by Gasteiger charge is -2.12. The van der Waals surface area contributed by atoms with Crippen LogP contribution >= 0.6 is 0 Å². The van der Waals surface area contributed by atoms with Crippen molar-refractivity contribution in [2.45, 2.75) is 39.2 Å². The Bertz CT molecular complexity index is 274. The molecule has 0 fully saturated rings. The van der Waals surface area contributed by atoms with Crippen molar-refractivity contribution >= 4 is 15.9 Å². The van der Waals surface area contributed by atoms with Crippen LogP contribution in [0.2, 0.25) is 0 Å². The van der Waals surface area contributed by atoms with Crippen molar-refractivity contribution in [3.8, 4) is 0 Å². The van der Waals surface area contributed by atoms with E-state index in [0.29, 0.717) is 6.42 Å². The van der Waals surface area contributed by atoms with E-state index in [1.807, 2.05) is 6.92 Å². The predicted octanol–water partition coefficient (Wildman–Crippen LogP) is 0.420. The number of unbranched alkanes of at least 4 members (excludes halogenated alkanes) is 1. The maximum absolute atomic E-state index is 11.4. The Hall–Kier alpha value is -0.620. The molecule has 0 aliphatic heterocycles. The van der Waals surface area contributed by atoms with Gasteiger partial charge in [-0.15, -0.1) is 0 Å². The molecular formula is C8H19N3O2S. The summed E-state index contributed by atoms with van der Waals surface area (Å²) in [6, 6.07) is -0.297. The van der Waals surface area contributed by atoms with Crippen LogP contribution in [-0.2, 0) is 10.0 Å². The van der Waals surface area contributed by atoms with Crippen LogP contribution in [0.25, 0.3) is 0 Å². The molecule has 0 aromatic rings. The summed E-state index contributed by atoms with van der Waals surface area (Å²) in [6.45, 7) is 3.64.